The fourth-order valence-corrected chi connectivity index (χ4v) is 5.71. The Kier molecular flexibility index (Phi) is 7.71. The third-order valence-electron chi connectivity index (χ3n) is 7.29. The zero-order chi connectivity index (χ0) is 25.9. The number of ether oxygens (including phenoxy) is 1. The number of anilines is 1. The van der Waals surface area contributed by atoms with Crippen LogP contribution in [0.3, 0.4) is 0 Å². The molecule has 0 bridgehead atoms. The molecule has 0 atom stereocenters. The fourth-order valence-electron chi connectivity index (χ4n) is 5.29. The lowest BCUT2D eigenvalue weighted by Crippen LogP contribution is -2.48. The van der Waals surface area contributed by atoms with Gasteiger partial charge in [-0.1, -0.05) is 24.3 Å². The minimum Gasteiger partial charge on any atom is -0.381 e. The Morgan fingerprint density at radius 2 is 1.84 bits per heavy atom. The van der Waals surface area contributed by atoms with Gasteiger partial charge in [0.1, 0.15) is 5.65 Å². The van der Waals surface area contributed by atoms with Crippen LogP contribution >= 0.6 is 12.2 Å². The number of aryl methyl sites for hydroxylation is 1. The molecule has 0 saturated carbocycles. The first-order chi connectivity index (χ1) is 17.9. The number of nitrogens with one attached hydrogen (secondary N) is 2. The standard InChI is InChI=1S/C28H36N6O2S/c1-18(2)30-28(37)33-12-8-21(9-13-33)31-27-29-17-20-16-24(23-7-5-4-6-19(23)3)26(35)34(25(20)32-27)22-10-14-36-15-11-22/h4-7,16-18,21-22H,8-15H2,1-3H3,(H,30,37)(H,29,31,32). The number of hydrogen-bond donors (Lipinski definition) is 2. The second-order valence-electron chi connectivity index (χ2n) is 10.4. The molecule has 2 aliphatic rings. The highest BCUT2D eigenvalue weighted by atomic mass is 32.1. The first kappa shape index (κ1) is 25.6. The molecular weight excluding hydrogens is 484 g/mol. The van der Waals surface area contributed by atoms with Gasteiger partial charge in [0.15, 0.2) is 5.11 Å². The molecule has 4 heterocycles. The zero-order valence-corrected chi connectivity index (χ0v) is 22.7. The lowest BCUT2D eigenvalue weighted by molar-refractivity contribution is 0.0697. The maximum atomic E-state index is 13.9. The predicted octanol–water partition coefficient (Wildman–Crippen LogP) is 4.28. The smallest absolute Gasteiger partial charge is 0.260 e. The molecule has 1 aromatic carbocycles. The number of fused-ring (bicyclic) bond motifs is 1. The van der Waals surface area contributed by atoms with E-state index in [-0.39, 0.29) is 17.6 Å². The Balaban J connectivity index is 1.44. The number of piperidine rings is 1. The molecule has 0 radical (unpaired) electrons. The molecule has 9 heteroatoms. The second kappa shape index (κ2) is 11.1. The van der Waals surface area contributed by atoms with Gasteiger partial charge in [-0.25, -0.2) is 4.98 Å². The van der Waals surface area contributed by atoms with E-state index in [1.54, 1.807) is 0 Å². The van der Waals surface area contributed by atoms with Crippen LogP contribution < -0.4 is 16.2 Å². The molecule has 3 aromatic rings. The highest BCUT2D eigenvalue weighted by Crippen LogP contribution is 2.28. The summed E-state index contributed by atoms with van der Waals surface area (Å²) < 4.78 is 7.49. The Bertz CT molecular complexity index is 1330. The van der Waals surface area contributed by atoms with Crippen LogP contribution in [0.2, 0.25) is 0 Å². The van der Waals surface area contributed by atoms with E-state index >= 15 is 0 Å². The molecule has 2 N–H and O–H groups in total. The summed E-state index contributed by atoms with van der Waals surface area (Å²) in [6.07, 6.45) is 5.32. The van der Waals surface area contributed by atoms with Crippen molar-refractivity contribution in [2.75, 3.05) is 31.6 Å². The van der Waals surface area contributed by atoms with E-state index in [2.05, 4.69) is 34.4 Å². The van der Waals surface area contributed by atoms with E-state index in [1.807, 2.05) is 48.0 Å². The Hall–Kier alpha value is -3.04. The van der Waals surface area contributed by atoms with Gasteiger partial charge >= 0.3 is 0 Å². The van der Waals surface area contributed by atoms with Gasteiger partial charge in [-0.05, 0) is 75.9 Å². The number of hydrogen-bond acceptors (Lipinski definition) is 6. The third kappa shape index (κ3) is 5.62. The zero-order valence-electron chi connectivity index (χ0n) is 21.9. The van der Waals surface area contributed by atoms with E-state index in [0.717, 1.165) is 60.4 Å². The molecule has 2 fully saturated rings. The van der Waals surface area contributed by atoms with Crippen molar-refractivity contribution in [2.24, 2.45) is 0 Å². The van der Waals surface area contributed by atoms with E-state index < -0.39 is 0 Å². The van der Waals surface area contributed by atoms with E-state index in [0.29, 0.717) is 36.4 Å². The average Bonchev–Trinajstić information content (AvgIpc) is 2.89. The van der Waals surface area contributed by atoms with Crippen molar-refractivity contribution in [3.8, 4) is 11.1 Å². The molecule has 2 aliphatic heterocycles. The molecule has 5 rings (SSSR count). The number of rotatable bonds is 5. The summed E-state index contributed by atoms with van der Waals surface area (Å²) in [4.78, 5) is 25.7. The van der Waals surface area contributed by atoms with Gasteiger partial charge < -0.3 is 20.3 Å². The van der Waals surface area contributed by atoms with Gasteiger partial charge in [0.2, 0.25) is 5.95 Å². The maximum absolute atomic E-state index is 13.9. The van der Waals surface area contributed by atoms with E-state index in [9.17, 15) is 4.79 Å². The molecule has 0 amide bonds. The van der Waals surface area contributed by atoms with Gasteiger partial charge in [-0.15, -0.1) is 0 Å². The minimum atomic E-state index is -0.00202. The minimum absolute atomic E-state index is 0.00202. The summed E-state index contributed by atoms with van der Waals surface area (Å²) >= 11 is 5.54. The summed E-state index contributed by atoms with van der Waals surface area (Å²) in [5, 5.41) is 8.55. The van der Waals surface area contributed by atoms with E-state index in [4.69, 9.17) is 21.9 Å². The van der Waals surface area contributed by atoms with Crippen LogP contribution in [0.4, 0.5) is 5.95 Å². The predicted molar refractivity (Wildman–Crippen MR) is 152 cm³/mol. The lowest BCUT2D eigenvalue weighted by Gasteiger charge is -2.34. The molecule has 0 aliphatic carbocycles. The molecule has 0 unspecified atom stereocenters. The highest BCUT2D eigenvalue weighted by Gasteiger charge is 2.25. The van der Waals surface area contributed by atoms with Gasteiger partial charge in [-0.3, -0.25) is 9.36 Å². The SMILES string of the molecule is Cc1ccccc1-c1cc2cnc(NC3CCN(C(=S)NC(C)C)CC3)nc2n(C2CCOCC2)c1=O. The van der Waals surface area contributed by atoms with Crippen molar-refractivity contribution in [3.05, 3.63) is 52.4 Å². The fraction of sp³-hybridized carbons (Fsp3) is 0.500. The number of likely N-dealkylation sites (tertiary alicyclic amines) is 1. The van der Waals surface area contributed by atoms with Crippen LogP contribution in [0.15, 0.2) is 41.3 Å². The first-order valence-electron chi connectivity index (χ1n) is 13.3. The van der Waals surface area contributed by atoms with Crippen molar-refractivity contribution in [2.45, 2.75) is 64.6 Å². The molecule has 37 heavy (non-hydrogen) atoms. The highest BCUT2D eigenvalue weighted by molar-refractivity contribution is 7.80. The number of nitrogens with zero attached hydrogens (tertiary/aromatic N) is 4. The van der Waals surface area contributed by atoms with E-state index in [1.165, 1.54) is 0 Å². The van der Waals surface area contributed by atoms with Crippen molar-refractivity contribution in [1.82, 2.24) is 24.8 Å². The topological polar surface area (TPSA) is 84.3 Å². The van der Waals surface area contributed by atoms with Crippen molar-refractivity contribution in [3.63, 3.8) is 0 Å². The van der Waals surface area contributed by atoms with Gasteiger partial charge in [0.05, 0.1) is 0 Å². The van der Waals surface area contributed by atoms with Gasteiger partial charge in [-0.2, -0.15) is 4.98 Å². The van der Waals surface area contributed by atoms with Crippen molar-refractivity contribution >= 4 is 34.3 Å². The van der Waals surface area contributed by atoms with Crippen LogP contribution in [0.1, 0.15) is 51.1 Å². The quantitative estimate of drug-likeness (QED) is 0.483. The Morgan fingerprint density at radius 3 is 2.54 bits per heavy atom. The van der Waals surface area contributed by atoms with Crippen molar-refractivity contribution in [1.29, 1.82) is 0 Å². The van der Waals surface area contributed by atoms with Crippen molar-refractivity contribution < 1.29 is 4.74 Å². The van der Waals surface area contributed by atoms with Crippen LogP contribution in [0, 0.1) is 6.92 Å². The summed E-state index contributed by atoms with van der Waals surface area (Å²) in [5.74, 6) is 0.567. The lowest BCUT2D eigenvalue weighted by atomic mass is 10.00. The average molecular weight is 521 g/mol. The normalized spacial score (nSPS) is 17.4. The van der Waals surface area contributed by atoms with Crippen LogP contribution in [0.5, 0.6) is 0 Å². The summed E-state index contributed by atoms with van der Waals surface area (Å²) in [7, 11) is 0. The molecule has 2 saturated heterocycles. The molecule has 0 spiro atoms. The summed E-state index contributed by atoms with van der Waals surface area (Å²) in [6.45, 7) is 9.30. The monoisotopic (exact) mass is 520 g/mol. The Labute approximate surface area is 223 Å². The summed E-state index contributed by atoms with van der Waals surface area (Å²) in [6, 6.07) is 10.6. The molecule has 2 aromatic heterocycles. The maximum Gasteiger partial charge on any atom is 0.260 e. The van der Waals surface area contributed by atoms with Crippen LogP contribution in [-0.2, 0) is 4.74 Å². The first-order valence-corrected chi connectivity index (χ1v) is 13.7. The number of thiocarbonyl (C=S) groups is 1. The number of benzene rings is 1. The van der Waals surface area contributed by atoms with Crippen LogP contribution in [-0.4, -0.2) is 62.9 Å². The number of aromatic nitrogens is 3. The molecular formula is C28H36N6O2S. The molecule has 196 valence electrons. The van der Waals surface area contributed by atoms with Crippen LogP contribution in [0.25, 0.3) is 22.2 Å². The second-order valence-corrected chi connectivity index (χ2v) is 10.8. The molecule has 8 nitrogen and oxygen atoms in total. The van der Waals surface area contributed by atoms with Gasteiger partial charge in [0.25, 0.3) is 5.56 Å². The Morgan fingerprint density at radius 1 is 1.11 bits per heavy atom. The largest absolute Gasteiger partial charge is 0.381 e. The number of pyridine rings is 1. The third-order valence-corrected chi connectivity index (χ3v) is 7.67. The summed E-state index contributed by atoms with van der Waals surface area (Å²) in [5.41, 5.74) is 3.41. The van der Waals surface area contributed by atoms with Gasteiger partial charge in [0, 0.05) is 61.6 Å².